The lowest BCUT2D eigenvalue weighted by molar-refractivity contribution is -0.384. The van der Waals surface area contributed by atoms with E-state index in [1.807, 2.05) is 9.80 Å². The second-order valence-corrected chi connectivity index (χ2v) is 9.16. The van der Waals surface area contributed by atoms with Crippen LogP contribution < -0.4 is 24.7 Å². The Morgan fingerprint density at radius 2 is 1.67 bits per heavy atom. The van der Waals surface area contributed by atoms with Crippen LogP contribution in [-0.4, -0.2) is 91.3 Å². The van der Waals surface area contributed by atoms with Crippen LogP contribution in [0.25, 0.3) is 0 Å². The monoisotopic (exact) mass is 578 g/mol. The summed E-state index contributed by atoms with van der Waals surface area (Å²) >= 11 is 0. The molecule has 0 aliphatic carbocycles. The van der Waals surface area contributed by atoms with Gasteiger partial charge in [-0.05, 0) is 36.8 Å². The minimum atomic E-state index is -0.746. The molecule has 0 spiro atoms. The summed E-state index contributed by atoms with van der Waals surface area (Å²) in [5.41, 5.74) is 3.39. The van der Waals surface area contributed by atoms with Crippen LogP contribution in [0.1, 0.15) is 22.8 Å². The number of non-ortho nitro benzene ring substituents is 1. The Morgan fingerprint density at radius 3 is 2.29 bits per heavy atom. The molecule has 0 radical (unpaired) electrons. The summed E-state index contributed by atoms with van der Waals surface area (Å²) < 4.78 is 22.1. The van der Waals surface area contributed by atoms with E-state index >= 15 is 0 Å². The van der Waals surface area contributed by atoms with Crippen molar-refractivity contribution in [3.8, 4) is 11.5 Å². The van der Waals surface area contributed by atoms with E-state index in [4.69, 9.17) is 18.9 Å². The number of ether oxygens (including phenoxy) is 4. The Morgan fingerprint density at radius 1 is 1.00 bits per heavy atom. The number of carbonyl (C=O) groups is 1. The molecule has 3 aromatic rings. The number of morpholine rings is 2. The molecule has 0 unspecified atom stereocenters. The standard InChI is InChI=1S/C27H30N8O7/c1-2-41-23-16-19(6-7-22(23)42-24(36)20-4-3-5-21(17-20)35(37)38)18-28-32-25-29-26(33-8-12-39-13-9-33)31-27(30-25)34-10-14-40-15-11-34/h3-7,16-18H,2,8-15H2,1H3,(H,29,30,31,32). The lowest BCUT2D eigenvalue weighted by Crippen LogP contribution is -2.40. The summed E-state index contributed by atoms with van der Waals surface area (Å²) in [6.07, 6.45) is 1.56. The number of carbonyl (C=O) groups excluding carboxylic acids is 1. The van der Waals surface area contributed by atoms with Gasteiger partial charge in [-0.1, -0.05) is 6.07 Å². The van der Waals surface area contributed by atoms with E-state index < -0.39 is 10.9 Å². The van der Waals surface area contributed by atoms with E-state index in [1.54, 1.807) is 31.3 Å². The first-order chi connectivity index (χ1) is 20.5. The van der Waals surface area contributed by atoms with Crippen LogP contribution in [0.4, 0.5) is 23.5 Å². The van der Waals surface area contributed by atoms with Gasteiger partial charge in [0.25, 0.3) is 5.69 Å². The number of hydrogen-bond acceptors (Lipinski definition) is 14. The van der Waals surface area contributed by atoms with E-state index in [9.17, 15) is 14.9 Å². The van der Waals surface area contributed by atoms with Gasteiger partial charge in [-0.3, -0.25) is 10.1 Å². The van der Waals surface area contributed by atoms with Crippen LogP contribution in [0.5, 0.6) is 11.5 Å². The van der Waals surface area contributed by atoms with Crippen molar-refractivity contribution in [1.29, 1.82) is 0 Å². The average Bonchev–Trinajstić information content (AvgIpc) is 3.03. The molecule has 2 aliphatic rings. The first-order valence-electron chi connectivity index (χ1n) is 13.4. The lowest BCUT2D eigenvalue weighted by atomic mass is 10.2. The predicted molar refractivity (Wildman–Crippen MR) is 153 cm³/mol. The van der Waals surface area contributed by atoms with Crippen LogP contribution in [0.15, 0.2) is 47.6 Å². The summed E-state index contributed by atoms with van der Waals surface area (Å²) in [5, 5.41) is 15.4. The fourth-order valence-electron chi connectivity index (χ4n) is 4.24. The van der Waals surface area contributed by atoms with Gasteiger partial charge in [0.2, 0.25) is 17.8 Å². The Bertz CT molecular complexity index is 1410. The van der Waals surface area contributed by atoms with Crippen LogP contribution in [0.2, 0.25) is 0 Å². The number of benzene rings is 2. The third-order valence-electron chi connectivity index (χ3n) is 6.34. The van der Waals surface area contributed by atoms with Gasteiger partial charge in [0.1, 0.15) is 0 Å². The van der Waals surface area contributed by atoms with E-state index in [0.29, 0.717) is 82.4 Å². The van der Waals surface area contributed by atoms with Crippen LogP contribution in [0, 0.1) is 10.1 Å². The van der Waals surface area contributed by atoms with Crippen molar-refractivity contribution < 1.29 is 28.7 Å². The Kier molecular flexibility index (Phi) is 9.30. The number of esters is 1. The normalized spacial score (nSPS) is 15.5. The molecule has 2 saturated heterocycles. The lowest BCUT2D eigenvalue weighted by Gasteiger charge is -2.30. The van der Waals surface area contributed by atoms with Gasteiger partial charge in [0.15, 0.2) is 11.5 Å². The van der Waals surface area contributed by atoms with Gasteiger partial charge in [-0.25, -0.2) is 10.2 Å². The number of nitrogens with zero attached hydrogens (tertiary/aromatic N) is 7. The molecule has 0 atom stereocenters. The van der Waals surface area contributed by atoms with E-state index in [2.05, 4.69) is 25.5 Å². The maximum Gasteiger partial charge on any atom is 0.343 e. The number of hydrogen-bond donors (Lipinski definition) is 1. The Balaban J connectivity index is 1.31. The van der Waals surface area contributed by atoms with Crippen LogP contribution >= 0.6 is 0 Å². The van der Waals surface area contributed by atoms with Gasteiger partial charge in [-0.15, -0.1) is 0 Å². The number of aromatic nitrogens is 3. The zero-order chi connectivity index (χ0) is 29.3. The maximum atomic E-state index is 12.7. The van der Waals surface area contributed by atoms with Crippen molar-refractivity contribution in [2.45, 2.75) is 6.92 Å². The number of rotatable bonds is 10. The molecule has 42 heavy (non-hydrogen) atoms. The second kappa shape index (κ2) is 13.6. The highest BCUT2D eigenvalue weighted by atomic mass is 16.6. The number of nitro groups is 1. The molecule has 1 aromatic heterocycles. The van der Waals surface area contributed by atoms with Crippen molar-refractivity contribution in [1.82, 2.24) is 15.0 Å². The minimum Gasteiger partial charge on any atom is -0.490 e. The van der Waals surface area contributed by atoms with E-state index in [0.717, 1.165) is 6.07 Å². The Hall–Kier alpha value is -4.89. The molecule has 0 amide bonds. The second-order valence-electron chi connectivity index (χ2n) is 9.16. The van der Waals surface area contributed by atoms with Crippen LogP contribution in [-0.2, 0) is 9.47 Å². The van der Waals surface area contributed by atoms with Gasteiger partial charge in [0.05, 0.1) is 49.7 Å². The van der Waals surface area contributed by atoms with Gasteiger partial charge >= 0.3 is 5.97 Å². The van der Waals surface area contributed by atoms with Gasteiger partial charge < -0.3 is 28.7 Å². The molecule has 3 heterocycles. The van der Waals surface area contributed by atoms with Crippen LogP contribution in [0.3, 0.4) is 0 Å². The fourth-order valence-corrected chi connectivity index (χ4v) is 4.24. The summed E-state index contributed by atoms with van der Waals surface area (Å²) in [4.78, 5) is 41.1. The van der Waals surface area contributed by atoms with Crippen molar-refractivity contribution >= 4 is 35.7 Å². The number of nitrogens with one attached hydrogen (secondary N) is 1. The first-order valence-corrected chi connectivity index (χ1v) is 13.4. The molecule has 15 nitrogen and oxygen atoms in total. The zero-order valence-corrected chi connectivity index (χ0v) is 23.0. The molecule has 15 heteroatoms. The van der Waals surface area contributed by atoms with Crippen molar-refractivity contribution in [2.24, 2.45) is 5.10 Å². The topological polar surface area (TPSA) is 167 Å². The van der Waals surface area contributed by atoms with Crippen molar-refractivity contribution in [3.05, 3.63) is 63.7 Å². The molecule has 2 aliphatic heterocycles. The first kappa shape index (κ1) is 28.6. The third kappa shape index (κ3) is 7.24. The minimum absolute atomic E-state index is 0.0479. The molecular formula is C27H30N8O7. The quantitative estimate of drug-likeness (QED) is 0.123. The highest BCUT2D eigenvalue weighted by Gasteiger charge is 2.21. The molecule has 2 aromatic carbocycles. The molecule has 220 valence electrons. The largest absolute Gasteiger partial charge is 0.490 e. The Labute approximate surface area is 241 Å². The average molecular weight is 579 g/mol. The SMILES string of the molecule is CCOc1cc(C=NNc2nc(N3CCOCC3)nc(N3CCOCC3)n2)ccc1OC(=O)c1cccc([N+](=O)[O-])c1. The predicted octanol–water partition coefficient (Wildman–Crippen LogP) is 2.52. The smallest absolute Gasteiger partial charge is 0.343 e. The molecule has 0 bridgehead atoms. The summed E-state index contributed by atoms with van der Waals surface area (Å²) in [6.45, 7) is 7.20. The number of nitro benzene ring substituents is 1. The molecule has 1 N–H and O–H groups in total. The summed E-state index contributed by atoms with van der Waals surface area (Å²) in [7, 11) is 0. The number of hydrazone groups is 1. The van der Waals surface area contributed by atoms with Gasteiger partial charge in [-0.2, -0.15) is 20.1 Å². The van der Waals surface area contributed by atoms with Crippen molar-refractivity contribution in [3.63, 3.8) is 0 Å². The molecule has 0 saturated carbocycles. The van der Waals surface area contributed by atoms with E-state index in [1.165, 1.54) is 18.2 Å². The molecule has 5 rings (SSSR count). The maximum absolute atomic E-state index is 12.7. The molecule has 2 fully saturated rings. The summed E-state index contributed by atoms with van der Waals surface area (Å²) in [6, 6.07) is 10.2. The highest BCUT2D eigenvalue weighted by molar-refractivity contribution is 5.92. The highest BCUT2D eigenvalue weighted by Crippen LogP contribution is 2.29. The molecular weight excluding hydrogens is 548 g/mol. The number of anilines is 3. The van der Waals surface area contributed by atoms with Gasteiger partial charge in [0, 0.05) is 38.3 Å². The van der Waals surface area contributed by atoms with Crippen molar-refractivity contribution in [2.75, 3.05) is 74.4 Å². The third-order valence-corrected chi connectivity index (χ3v) is 6.34. The fraction of sp³-hybridized carbons (Fsp3) is 0.370. The van der Waals surface area contributed by atoms with E-state index in [-0.39, 0.29) is 22.9 Å². The zero-order valence-electron chi connectivity index (χ0n) is 23.0. The summed E-state index contributed by atoms with van der Waals surface area (Å²) in [5.74, 6) is 1.11.